The first kappa shape index (κ1) is 12.3. The van der Waals surface area contributed by atoms with Crippen LogP contribution in [0.4, 0.5) is 4.39 Å². The third-order valence-corrected chi connectivity index (χ3v) is 5.09. The minimum absolute atomic E-state index is 0.102. The van der Waals surface area contributed by atoms with Crippen molar-refractivity contribution < 1.29 is 12.8 Å². The highest BCUT2D eigenvalue weighted by Crippen LogP contribution is 2.18. The fourth-order valence-corrected chi connectivity index (χ4v) is 3.73. The SMILES string of the molecule is O=S(=O)(Cc1cn2ccsc2n1)c1ccc(F)cc1. The topological polar surface area (TPSA) is 51.4 Å². The van der Waals surface area contributed by atoms with E-state index in [0.717, 1.165) is 17.1 Å². The summed E-state index contributed by atoms with van der Waals surface area (Å²) in [4.78, 5) is 5.09. The number of benzene rings is 1. The minimum atomic E-state index is -3.49. The summed E-state index contributed by atoms with van der Waals surface area (Å²) in [6, 6.07) is 4.81. The fraction of sp³-hybridized carbons (Fsp3) is 0.0833. The summed E-state index contributed by atoms with van der Waals surface area (Å²) in [6.45, 7) is 0. The largest absolute Gasteiger partial charge is 0.297 e. The Morgan fingerprint density at radius 1 is 1.26 bits per heavy atom. The van der Waals surface area contributed by atoms with E-state index in [1.165, 1.54) is 23.5 Å². The lowest BCUT2D eigenvalue weighted by Crippen LogP contribution is -2.05. The molecule has 7 heteroatoms. The lowest BCUT2D eigenvalue weighted by molar-refractivity contribution is 0.593. The van der Waals surface area contributed by atoms with Gasteiger partial charge in [0, 0.05) is 17.8 Å². The van der Waals surface area contributed by atoms with Crippen molar-refractivity contribution in [2.75, 3.05) is 0 Å². The number of rotatable bonds is 3. The highest BCUT2D eigenvalue weighted by atomic mass is 32.2. The van der Waals surface area contributed by atoms with Gasteiger partial charge in [-0.3, -0.25) is 4.40 Å². The molecule has 2 aromatic heterocycles. The van der Waals surface area contributed by atoms with Crippen molar-refractivity contribution in [2.24, 2.45) is 0 Å². The second-order valence-electron chi connectivity index (χ2n) is 4.04. The van der Waals surface area contributed by atoms with Crippen LogP contribution in [0.2, 0.25) is 0 Å². The fourth-order valence-electron chi connectivity index (χ4n) is 1.77. The number of thiazole rings is 1. The van der Waals surface area contributed by atoms with Gasteiger partial charge in [0.25, 0.3) is 0 Å². The van der Waals surface area contributed by atoms with E-state index in [1.54, 1.807) is 10.6 Å². The molecule has 0 saturated carbocycles. The predicted molar refractivity (Wildman–Crippen MR) is 70.4 cm³/mol. The molecule has 0 aliphatic heterocycles. The molecule has 0 aliphatic rings. The van der Waals surface area contributed by atoms with Gasteiger partial charge in [-0.25, -0.2) is 17.8 Å². The van der Waals surface area contributed by atoms with Crippen LogP contribution in [0.3, 0.4) is 0 Å². The van der Waals surface area contributed by atoms with Crippen LogP contribution in [-0.4, -0.2) is 17.8 Å². The van der Waals surface area contributed by atoms with E-state index in [1.807, 2.05) is 11.6 Å². The highest BCUT2D eigenvalue weighted by molar-refractivity contribution is 7.90. The van der Waals surface area contributed by atoms with Crippen molar-refractivity contribution in [2.45, 2.75) is 10.6 Å². The summed E-state index contributed by atoms with van der Waals surface area (Å²) in [6.07, 6.45) is 3.51. The lowest BCUT2D eigenvalue weighted by atomic mass is 10.4. The molecule has 3 rings (SSSR count). The average molecular weight is 296 g/mol. The van der Waals surface area contributed by atoms with Crippen LogP contribution >= 0.6 is 11.3 Å². The zero-order chi connectivity index (χ0) is 13.5. The van der Waals surface area contributed by atoms with Crippen molar-refractivity contribution in [3.05, 3.63) is 53.6 Å². The molecule has 0 N–H and O–H groups in total. The Morgan fingerprint density at radius 2 is 2.00 bits per heavy atom. The highest BCUT2D eigenvalue weighted by Gasteiger charge is 2.17. The summed E-state index contributed by atoms with van der Waals surface area (Å²) in [7, 11) is -3.49. The quantitative estimate of drug-likeness (QED) is 0.698. The molecule has 1 aromatic carbocycles. The number of hydrogen-bond acceptors (Lipinski definition) is 4. The van der Waals surface area contributed by atoms with E-state index in [4.69, 9.17) is 0 Å². The molecule has 3 aromatic rings. The molecule has 0 atom stereocenters. The van der Waals surface area contributed by atoms with E-state index in [-0.39, 0.29) is 10.6 Å². The first-order valence-corrected chi connectivity index (χ1v) is 7.97. The molecule has 0 aliphatic carbocycles. The molecule has 0 saturated heterocycles. The molecule has 19 heavy (non-hydrogen) atoms. The Hall–Kier alpha value is -1.73. The number of imidazole rings is 1. The normalized spacial score (nSPS) is 12.1. The first-order chi connectivity index (χ1) is 9.04. The summed E-state index contributed by atoms with van der Waals surface area (Å²) in [5.74, 6) is -0.644. The second kappa shape index (κ2) is 4.43. The van der Waals surface area contributed by atoms with Gasteiger partial charge >= 0.3 is 0 Å². The van der Waals surface area contributed by atoms with E-state index in [9.17, 15) is 12.8 Å². The van der Waals surface area contributed by atoms with Crippen molar-refractivity contribution in [1.29, 1.82) is 0 Å². The van der Waals surface area contributed by atoms with Crippen LogP contribution < -0.4 is 0 Å². The molecular weight excluding hydrogens is 287 g/mol. The Bertz CT molecular complexity index is 790. The maximum atomic E-state index is 12.8. The summed E-state index contributed by atoms with van der Waals surface area (Å²) in [5.41, 5.74) is 0.483. The summed E-state index contributed by atoms with van der Waals surface area (Å²) < 4.78 is 38.9. The van der Waals surface area contributed by atoms with Crippen LogP contribution in [-0.2, 0) is 15.6 Å². The van der Waals surface area contributed by atoms with Gasteiger partial charge in [-0.1, -0.05) is 0 Å². The summed E-state index contributed by atoms with van der Waals surface area (Å²) >= 11 is 1.44. The smallest absolute Gasteiger partial charge is 0.193 e. The van der Waals surface area contributed by atoms with Crippen LogP contribution in [0, 0.1) is 5.82 Å². The molecule has 0 amide bonds. The van der Waals surface area contributed by atoms with Crippen molar-refractivity contribution in [1.82, 2.24) is 9.38 Å². The van der Waals surface area contributed by atoms with Crippen LogP contribution in [0.5, 0.6) is 0 Å². The third kappa shape index (κ3) is 2.39. The maximum absolute atomic E-state index is 12.8. The number of aromatic nitrogens is 2. The molecule has 0 unspecified atom stereocenters. The average Bonchev–Trinajstić information content (AvgIpc) is 2.89. The third-order valence-electron chi connectivity index (χ3n) is 2.65. The summed E-state index contributed by atoms with van der Waals surface area (Å²) in [5, 5.41) is 1.88. The van der Waals surface area contributed by atoms with Crippen molar-refractivity contribution in [3.63, 3.8) is 0 Å². The van der Waals surface area contributed by atoms with E-state index < -0.39 is 15.7 Å². The van der Waals surface area contributed by atoms with Gasteiger partial charge in [0.1, 0.15) is 5.82 Å². The standard InChI is InChI=1S/C12H9FN2O2S2/c13-9-1-3-11(4-2-9)19(16,17)8-10-7-15-5-6-18-12(15)14-10/h1-7H,8H2. The van der Waals surface area contributed by atoms with E-state index in [0.29, 0.717) is 5.69 Å². The predicted octanol–water partition coefficient (Wildman–Crippen LogP) is 2.51. The molecule has 0 fully saturated rings. The zero-order valence-corrected chi connectivity index (χ0v) is 11.3. The molecule has 0 bridgehead atoms. The van der Waals surface area contributed by atoms with Gasteiger partial charge in [-0.2, -0.15) is 0 Å². The Morgan fingerprint density at radius 3 is 2.68 bits per heavy atom. The van der Waals surface area contributed by atoms with Gasteiger partial charge in [0.15, 0.2) is 14.8 Å². The number of hydrogen-bond donors (Lipinski definition) is 0. The Labute approximate surface area is 113 Å². The second-order valence-corrected chi connectivity index (χ2v) is 6.90. The number of sulfone groups is 1. The number of fused-ring (bicyclic) bond motifs is 1. The molecule has 0 radical (unpaired) electrons. The van der Waals surface area contributed by atoms with Gasteiger partial charge in [0.05, 0.1) is 16.3 Å². The zero-order valence-electron chi connectivity index (χ0n) is 9.65. The van der Waals surface area contributed by atoms with Gasteiger partial charge in [-0.15, -0.1) is 11.3 Å². The molecular formula is C12H9FN2O2S2. The van der Waals surface area contributed by atoms with Crippen molar-refractivity contribution >= 4 is 26.1 Å². The van der Waals surface area contributed by atoms with Crippen LogP contribution in [0.1, 0.15) is 5.69 Å². The Kier molecular flexibility index (Phi) is 2.87. The monoisotopic (exact) mass is 296 g/mol. The Balaban J connectivity index is 1.93. The van der Waals surface area contributed by atoms with E-state index in [2.05, 4.69) is 4.98 Å². The number of halogens is 1. The van der Waals surface area contributed by atoms with E-state index >= 15 is 0 Å². The molecule has 98 valence electrons. The molecule has 2 heterocycles. The number of nitrogens with zero attached hydrogens (tertiary/aromatic N) is 2. The minimum Gasteiger partial charge on any atom is -0.297 e. The van der Waals surface area contributed by atoms with Crippen molar-refractivity contribution in [3.8, 4) is 0 Å². The van der Waals surface area contributed by atoms with Gasteiger partial charge in [0.2, 0.25) is 0 Å². The van der Waals surface area contributed by atoms with Crippen LogP contribution in [0.25, 0.3) is 4.96 Å². The van der Waals surface area contributed by atoms with Gasteiger partial charge in [-0.05, 0) is 24.3 Å². The van der Waals surface area contributed by atoms with Crippen LogP contribution in [0.15, 0.2) is 46.9 Å². The molecule has 4 nitrogen and oxygen atoms in total. The first-order valence-electron chi connectivity index (χ1n) is 5.44. The maximum Gasteiger partial charge on any atom is 0.193 e. The lowest BCUT2D eigenvalue weighted by Gasteiger charge is -2.01. The molecule has 0 spiro atoms. The van der Waals surface area contributed by atoms with Gasteiger partial charge < -0.3 is 0 Å².